The largest absolute Gasteiger partial charge is 0.492 e. The number of nitrogens with zero attached hydrogens (tertiary/aromatic N) is 1. The zero-order valence-electron chi connectivity index (χ0n) is 13.6. The van der Waals surface area contributed by atoms with Crippen LogP contribution in [0.4, 0.5) is 0 Å². The van der Waals surface area contributed by atoms with Crippen LogP contribution in [0.2, 0.25) is 0 Å². The molecule has 0 bridgehead atoms. The lowest BCUT2D eigenvalue weighted by atomic mass is 9.98. The summed E-state index contributed by atoms with van der Waals surface area (Å²) < 4.78 is 5.75. The molecule has 118 valence electrons. The summed E-state index contributed by atoms with van der Waals surface area (Å²) >= 11 is 0. The van der Waals surface area contributed by atoms with Gasteiger partial charge in [0.05, 0.1) is 6.54 Å². The number of hydrogen-bond acceptors (Lipinski definition) is 3. The zero-order valence-corrected chi connectivity index (χ0v) is 13.6. The van der Waals surface area contributed by atoms with E-state index in [4.69, 9.17) is 9.84 Å². The molecule has 4 heteroatoms. The molecule has 21 heavy (non-hydrogen) atoms. The van der Waals surface area contributed by atoms with E-state index in [0.717, 1.165) is 18.7 Å². The highest BCUT2D eigenvalue weighted by molar-refractivity contribution is 5.69. The second kappa shape index (κ2) is 8.67. The summed E-state index contributed by atoms with van der Waals surface area (Å²) in [6, 6.07) is 6.15. The number of benzene rings is 1. The van der Waals surface area contributed by atoms with Crippen LogP contribution in [-0.2, 0) is 4.79 Å². The van der Waals surface area contributed by atoms with E-state index in [1.807, 2.05) is 17.9 Å². The molecule has 0 saturated carbocycles. The molecular formula is C17H27NO3. The van der Waals surface area contributed by atoms with Gasteiger partial charge < -0.3 is 9.84 Å². The third kappa shape index (κ3) is 6.17. The summed E-state index contributed by atoms with van der Waals surface area (Å²) in [6.07, 6.45) is 0.940. The fraction of sp³-hybridized carbons (Fsp3) is 0.588. The smallest absolute Gasteiger partial charge is 0.317 e. The highest BCUT2D eigenvalue weighted by Crippen LogP contribution is 2.23. The second-order valence-corrected chi connectivity index (χ2v) is 5.69. The van der Waals surface area contributed by atoms with Crippen LogP contribution in [0.25, 0.3) is 0 Å². The van der Waals surface area contributed by atoms with Gasteiger partial charge in [-0.3, -0.25) is 9.69 Å². The van der Waals surface area contributed by atoms with Crippen LogP contribution in [0.15, 0.2) is 18.2 Å². The fourth-order valence-corrected chi connectivity index (χ4v) is 2.46. The molecule has 0 aromatic heterocycles. The molecule has 1 aromatic carbocycles. The zero-order chi connectivity index (χ0) is 15.8. The van der Waals surface area contributed by atoms with Gasteiger partial charge in [-0.1, -0.05) is 26.8 Å². The minimum atomic E-state index is -0.791. The summed E-state index contributed by atoms with van der Waals surface area (Å²) in [5.41, 5.74) is 2.57. The van der Waals surface area contributed by atoms with Gasteiger partial charge in [-0.15, -0.1) is 0 Å². The molecule has 1 rings (SSSR count). The van der Waals surface area contributed by atoms with E-state index >= 15 is 0 Å². The number of carbonyl (C=O) groups is 1. The van der Waals surface area contributed by atoms with Gasteiger partial charge >= 0.3 is 5.97 Å². The van der Waals surface area contributed by atoms with E-state index in [1.165, 1.54) is 11.1 Å². The Morgan fingerprint density at radius 1 is 1.33 bits per heavy atom. The maximum absolute atomic E-state index is 10.8. The molecule has 0 atom stereocenters. The first-order chi connectivity index (χ1) is 9.93. The van der Waals surface area contributed by atoms with Gasteiger partial charge in [-0.05, 0) is 49.1 Å². The molecule has 0 unspecified atom stereocenters. The number of aliphatic carboxylic acids is 1. The second-order valence-electron chi connectivity index (χ2n) is 5.69. The summed E-state index contributed by atoms with van der Waals surface area (Å²) in [7, 11) is 0. The normalized spacial score (nSPS) is 11.1. The number of rotatable bonds is 9. The summed E-state index contributed by atoms with van der Waals surface area (Å²) in [5.74, 6) is 0.568. The van der Waals surface area contributed by atoms with Crippen LogP contribution in [0, 0.1) is 6.92 Å². The lowest BCUT2D eigenvalue weighted by molar-refractivity contribution is -0.138. The van der Waals surface area contributed by atoms with Crippen LogP contribution in [-0.4, -0.2) is 42.2 Å². The molecule has 0 amide bonds. The van der Waals surface area contributed by atoms with Crippen LogP contribution < -0.4 is 4.74 Å². The van der Waals surface area contributed by atoms with Crippen molar-refractivity contribution in [2.24, 2.45) is 0 Å². The highest BCUT2D eigenvalue weighted by atomic mass is 16.5. The molecule has 1 N–H and O–H groups in total. The number of carboxylic acids is 1. The average Bonchev–Trinajstić information content (AvgIpc) is 2.37. The first-order valence-corrected chi connectivity index (χ1v) is 7.61. The Morgan fingerprint density at radius 3 is 2.57 bits per heavy atom. The Morgan fingerprint density at radius 2 is 2.05 bits per heavy atom. The Balaban J connectivity index is 2.50. The van der Waals surface area contributed by atoms with Crippen LogP contribution >= 0.6 is 0 Å². The Kier molecular flexibility index (Phi) is 7.23. The van der Waals surface area contributed by atoms with E-state index in [0.29, 0.717) is 19.1 Å². The molecule has 0 aliphatic heterocycles. The van der Waals surface area contributed by atoms with Gasteiger partial charge in [0, 0.05) is 6.54 Å². The van der Waals surface area contributed by atoms with Crippen molar-refractivity contribution < 1.29 is 14.6 Å². The molecule has 0 spiro atoms. The van der Waals surface area contributed by atoms with E-state index in [-0.39, 0.29) is 6.54 Å². The number of aryl methyl sites for hydroxylation is 1. The molecule has 1 aromatic rings. The lowest BCUT2D eigenvalue weighted by Crippen LogP contribution is -2.34. The van der Waals surface area contributed by atoms with Crippen molar-refractivity contribution in [2.75, 3.05) is 26.2 Å². The highest BCUT2D eigenvalue weighted by Gasteiger charge is 2.09. The Labute approximate surface area is 127 Å². The third-order valence-electron chi connectivity index (χ3n) is 3.44. The van der Waals surface area contributed by atoms with Crippen molar-refractivity contribution in [3.8, 4) is 5.75 Å². The Hall–Kier alpha value is -1.55. The lowest BCUT2D eigenvalue weighted by Gasteiger charge is -2.19. The van der Waals surface area contributed by atoms with Crippen molar-refractivity contribution in [3.05, 3.63) is 29.3 Å². The van der Waals surface area contributed by atoms with Crippen LogP contribution in [0.3, 0.4) is 0 Å². The van der Waals surface area contributed by atoms with Crippen LogP contribution in [0.1, 0.15) is 44.2 Å². The standard InChI is InChI=1S/C17H27NO3/c1-5-8-18(12-17(19)20)9-10-21-15-6-7-16(13(2)3)14(4)11-15/h6-7,11,13H,5,8-10,12H2,1-4H3,(H,19,20). The number of hydrogen-bond donors (Lipinski definition) is 1. The van der Waals surface area contributed by atoms with E-state index in [2.05, 4.69) is 32.9 Å². The molecular weight excluding hydrogens is 266 g/mol. The van der Waals surface area contributed by atoms with Crippen molar-refractivity contribution in [1.29, 1.82) is 0 Å². The fourth-order valence-electron chi connectivity index (χ4n) is 2.46. The molecule has 0 aliphatic carbocycles. The van der Waals surface area contributed by atoms with Gasteiger partial charge in [-0.25, -0.2) is 0 Å². The molecule has 0 saturated heterocycles. The first kappa shape index (κ1) is 17.5. The SMILES string of the molecule is CCCN(CCOc1ccc(C(C)C)c(C)c1)CC(=O)O. The van der Waals surface area contributed by atoms with Gasteiger partial charge in [0.25, 0.3) is 0 Å². The summed E-state index contributed by atoms with van der Waals surface area (Å²) in [5, 5.41) is 8.86. The maximum atomic E-state index is 10.8. The van der Waals surface area contributed by atoms with Gasteiger partial charge in [0.1, 0.15) is 12.4 Å². The van der Waals surface area contributed by atoms with Crippen molar-refractivity contribution in [3.63, 3.8) is 0 Å². The summed E-state index contributed by atoms with van der Waals surface area (Å²) in [4.78, 5) is 12.7. The van der Waals surface area contributed by atoms with E-state index in [1.54, 1.807) is 0 Å². The molecule has 0 heterocycles. The topological polar surface area (TPSA) is 49.8 Å². The Bertz CT molecular complexity index is 457. The minimum absolute atomic E-state index is 0.0719. The minimum Gasteiger partial charge on any atom is -0.492 e. The van der Waals surface area contributed by atoms with Crippen molar-refractivity contribution in [1.82, 2.24) is 4.90 Å². The van der Waals surface area contributed by atoms with Gasteiger partial charge in [0.2, 0.25) is 0 Å². The van der Waals surface area contributed by atoms with Gasteiger partial charge in [-0.2, -0.15) is 0 Å². The number of carboxylic acid groups (broad SMARTS) is 1. The summed E-state index contributed by atoms with van der Waals surface area (Å²) in [6.45, 7) is 10.5. The molecule has 0 fully saturated rings. The van der Waals surface area contributed by atoms with E-state index in [9.17, 15) is 4.79 Å². The number of ether oxygens (including phenoxy) is 1. The first-order valence-electron chi connectivity index (χ1n) is 7.61. The molecule has 0 aliphatic rings. The molecule has 0 radical (unpaired) electrons. The average molecular weight is 293 g/mol. The quantitative estimate of drug-likeness (QED) is 0.759. The van der Waals surface area contributed by atoms with Crippen LogP contribution in [0.5, 0.6) is 5.75 Å². The predicted molar refractivity (Wildman–Crippen MR) is 85.1 cm³/mol. The van der Waals surface area contributed by atoms with Gasteiger partial charge in [0.15, 0.2) is 0 Å². The predicted octanol–water partition coefficient (Wildman–Crippen LogP) is 3.29. The van der Waals surface area contributed by atoms with E-state index < -0.39 is 5.97 Å². The van der Waals surface area contributed by atoms with Crippen molar-refractivity contribution >= 4 is 5.97 Å². The third-order valence-corrected chi connectivity index (χ3v) is 3.44. The molecule has 4 nitrogen and oxygen atoms in total. The monoisotopic (exact) mass is 293 g/mol. The van der Waals surface area contributed by atoms with Crippen molar-refractivity contribution in [2.45, 2.75) is 40.0 Å². The maximum Gasteiger partial charge on any atom is 0.317 e.